The lowest BCUT2D eigenvalue weighted by Gasteiger charge is -2.15. The third-order valence-electron chi connectivity index (χ3n) is 4.68. The van der Waals surface area contributed by atoms with Crippen LogP contribution < -0.4 is 10.1 Å². The van der Waals surface area contributed by atoms with Crippen molar-refractivity contribution in [2.75, 3.05) is 12.4 Å². The van der Waals surface area contributed by atoms with E-state index in [2.05, 4.69) is 10.4 Å². The zero-order valence-electron chi connectivity index (χ0n) is 16.1. The summed E-state index contributed by atoms with van der Waals surface area (Å²) in [5, 5.41) is 7.35. The van der Waals surface area contributed by atoms with E-state index in [1.54, 1.807) is 18.0 Å². The van der Waals surface area contributed by atoms with E-state index in [4.69, 9.17) is 4.74 Å². The Bertz CT molecular complexity index is 1090. The molecule has 0 aliphatic heterocycles. The zero-order chi connectivity index (χ0) is 20.1. The molecule has 1 aromatic heterocycles. The van der Waals surface area contributed by atoms with Crippen molar-refractivity contribution in [1.29, 1.82) is 0 Å². The van der Waals surface area contributed by atoms with Gasteiger partial charge in [0.05, 0.1) is 18.4 Å². The van der Waals surface area contributed by atoms with Crippen LogP contribution in [0.15, 0.2) is 91.3 Å². The molecule has 0 atom stereocenters. The zero-order valence-corrected chi connectivity index (χ0v) is 16.1. The maximum Gasteiger partial charge on any atom is 0.257 e. The predicted octanol–water partition coefficient (Wildman–Crippen LogP) is 4.72. The summed E-state index contributed by atoms with van der Waals surface area (Å²) >= 11 is 0. The molecule has 0 aliphatic rings. The summed E-state index contributed by atoms with van der Waals surface area (Å²) in [5.41, 5.74) is 4.24. The number of carbonyl (C=O) groups excluding carboxylic acids is 1. The number of benzene rings is 3. The van der Waals surface area contributed by atoms with E-state index in [1.807, 2.05) is 85.1 Å². The van der Waals surface area contributed by atoms with Gasteiger partial charge >= 0.3 is 0 Å². The summed E-state index contributed by atoms with van der Waals surface area (Å²) in [5.74, 6) is 0.648. The first-order valence-corrected chi connectivity index (χ1v) is 9.36. The second-order valence-electron chi connectivity index (χ2n) is 6.61. The van der Waals surface area contributed by atoms with Crippen LogP contribution in [-0.4, -0.2) is 22.8 Å². The first-order valence-electron chi connectivity index (χ1n) is 9.36. The Labute approximate surface area is 169 Å². The van der Waals surface area contributed by atoms with Crippen LogP contribution in [0.25, 0.3) is 5.69 Å². The molecule has 0 saturated heterocycles. The third kappa shape index (κ3) is 4.19. The number of aromatic nitrogens is 2. The number of ether oxygens (including phenoxy) is 1. The van der Waals surface area contributed by atoms with Gasteiger partial charge < -0.3 is 10.1 Å². The van der Waals surface area contributed by atoms with Gasteiger partial charge in [0.25, 0.3) is 5.91 Å². The molecule has 1 heterocycles. The molecule has 0 unspecified atom stereocenters. The molecule has 3 aromatic carbocycles. The van der Waals surface area contributed by atoms with Gasteiger partial charge in [0.1, 0.15) is 5.75 Å². The standard InChI is InChI=1S/C24H21N3O2/c1-29-21-13-11-18(12-14-21)17-19-7-5-10-22(23(19)27-16-6-15-25-27)24(28)26-20-8-3-2-4-9-20/h2-16H,17H2,1H3,(H,26,28). The summed E-state index contributed by atoms with van der Waals surface area (Å²) in [6.45, 7) is 0. The molecule has 1 amide bonds. The van der Waals surface area contributed by atoms with Crippen molar-refractivity contribution in [3.63, 3.8) is 0 Å². The maximum atomic E-state index is 13.0. The number of rotatable bonds is 6. The quantitative estimate of drug-likeness (QED) is 0.524. The van der Waals surface area contributed by atoms with Crippen LogP contribution in [0.3, 0.4) is 0 Å². The summed E-state index contributed by atoms with van der Waals surface area (Å²) in [7, 11) is 1.65. The van der Waals surface area contributed by atoms with Gasteiger partial charge in [-0.1, -0.05) is 42.5 Å². The molecular weight excluding hydrogens is 362 g/mol. The molecule has 0 aliphatic carbocycles. The van der Waals surface area contributed by atoms with Crippen LogP contribution in [0.5, 0.6) is 5.75 Å². The molecule has 0 radical (unpaired) electrons. The fraction of sp³-hybridized carbons (Fsp3) is 0.0833. The van der Waals surface area contributed by atoms with Crippen molar-refractivity contribution in [1.82, 2.24) is 9.78 Å². The van der Waals surface area contributed by atoms with Gasteiger partial charge in [-0.2, -0.15) is 5.10 Å². The minimum atomic E-state index is -0.168. The monoisotopic (exact) mass is 383 g/mol. The van der Waals surface area contributed by atoms with Crippen molar-refractivity contribution < 1.29 is 9.53 Å². The van der Waals surface area contributed by atoms with Crippen LogP contribution in [0.4, 0.5) is 5.69 Å². The molecule has 29 heavy (non-hydrogen) atoms. The highest BCUT2D eigenvalue weighted by atomic mass is 16.5. The minimum Gasteiger partial charge on any atom is -0.497 e. The van der Waals surface area contributed by atoms with E-state index in [0.29, 0.717) is 12.0 Å². The average Bonchev–Trinajstić information content (AvgIpc) is 3.29. The van der Waals surface area contributed by atoms with Crippen LogP contribution >= 0.6 is 0 Å². The van der Waals surface area contributed by atoms with Crippen LogP contribution in [-0.2, 0) is 6.42 Å². The third-order valence-corrected chi connectivity index (χ3v) is 4.68. The van der Waals surface area contributed by atoms with Crippen molar-refractivity contribution in [2.24, 2.45) is 0 Å². The lowest BCUT2D eigenvalue weighted by molar-refractivity contribution is 0.102. The predicted molar refractivity (Wildman–Crippen MR) is 114 cm³/mol. The Morgan fingerprint density at radius 3 is 2.45 bits per heavy atom. The fourth-order valence-corrected chi connectivity index (χ4v) is 3.27. The SMILES string of the molecule is COc1ccc(Cc2cccc(C(=O)Nc3ccccc3)c2-n2cccn2)cc1. The summed E-state index contributed by atoms with van der Waals surface area (Å²) < 4.78 is 6.99. The average molecular weight is 383 g/mol. The number of nitrogens with one attached hydrogen (secondary N) is 1. The Hall–Kier alpha value is -3.86. The van der Waals surface area contributed by atoms with E-state index >= 15 is 0 Å². The van der Waals surface area contributed by atoms with Crippen molar-refractivity contribution >= 4 is 11.6 Å². The number of methoxy groups -OCH3 is 1. The molecular formula is C24H21N3O2. The molecule has 5 nitrogen and oxygen atoms in total. The normalized spacial score (nSPS) is 10.5. The van der Waals surface area contributed by atoms with Crippen LogP contribution in [0, 0.1) is 0 Å². The molecule has 0 spiro atoms. The number of carbonyl (C=O) groups is 1. The van der Waals surface area contributed by atoms with Gasteiger partial charge in [-0.3, -0.25) is 4.79 Å². The number of hydrogen-bond acceptors (Lipinski definition) is 3. The van der Waals surface area contributed by atoms with Crippen LogP contribution in [0.2, 0.25) is 0 Å². The van der Waals surface area contributed by atoms with Crippen molar-refractivity contribution in [3.8, 4) is 11.4 Å². The van der Waals surface area contributed by atoms with E-state index in [1.165, 1.54) is 0 Å². The van der Waals surface area contributed by atoms with Crippen molar-refractivity contribution in [2.45, 2.75) is 6.42 Å². The lowest BCUT2D eigenvalue weighted by atomic mass is 9.99. The highest BCUT2D eigenvalue weighted by Gasteiger charge is 2.17. The van der Waals surface area contributed by atoms with Crippen LogP contribution in [0.1, 0.15) is 21.5 Å². The molecule has 4 aromatic rings. The number of hydrogen-bond donors (Lipinski definition) is 1. The second kappa shape index (κ2) is 8.44. The molecule has 1 N–H and O–H groups in total. The number of anilines is 1. The fourth-order valence-electron chi connectivity index (χ4n) is 3.27. The largest absolute Gasteiger partial charge is 0.497 e. The molecule has 4 rings (SSSR count). The van der Waals surface area contributed by atoms with Gasteiger partial charge in [-0.25, -0.2) is 4.68 Å². The molecule has 144 valence electrons. The van der Waals surface area contributed by atoms with Gasteiger partial charge in [0.2, 0.25) is 0 Å². The molecule has 0 fully saturated rings. The molecule has 5 heteroatoms. The molecule has 0 saturated carbocycles. The summed E-state index contributed by atoms with van der Waals surface area (Å²) in [6, 6.07) is 25.0. The highest BCUT2D eigenvalue weighted by molar-refractivity contribution is 6.07. The number of nitrogens with zero attached hydrogens (tertiary/aromatic N) is 2. The van der Waals surface area contributed by atoms with E-state index in [9.17, 15) is 4.79 Å². The molecule has 0 bridgehead atoms. The van der Waals surface area contributed by atoms with Gasteiger partial charge in [-0.05, 0) is 53.9 Å². The van der Waals surface area contributed by atoms with Gasteiger partial charge in [-0.15, -0.1) is 0 Å². The Morgan fingerprint density at radius 1 is 0.966 bits per heavy atom. The Morgan fingerprint density at radius 2 is 1.76 bits per heavy atom. The Kier molecular flexibility index (Phi) is 5.38. The first kappa shape index (κ1) is 18.5. The number of amides is 1. The van der Waals surface area contributed by atoms with Crippen molar-refractivity contribution in [3.05, 3.63) is 108 Å². The highest BCUT2D eigenvalue weighted by Crippen LogP contribution is 2.24. The first-order chi connectivity index (χ1) is 14.2. The second-order valence-corrected chi connectivity index (χ2v) is 6.61. The maximum absolute atomic E-state index is 13.0. The summed E-state index contributed by atoms with van der Waals surface area (Å²) in [6.07, 6.45) is 4.24. The topological polar surface area (TPSA) is 56.1 Å². The minimum absolute atomic E-state index is 0.168. The van der Waals surface area contributed by atoms with Gasteiger partial charge in [0, 0.05) is 18.1 Å². The lowest BCUT2D eigenvalue weighted by Crippen LogP contribution is -2.17. The smallest absolute Gasteiger partial charge is 0.257 e. The number of para-hydroxylation sites is 2. The van der Waals surface area contributed by atoms with Gasteiger partial charge in [0.15, 0.2) is 0 Å². The van der Waals surface area contributed by atoms with E-state index in [-0.39, 0.29) is 5.91 Å². The Balaban J connectivity index is 1.71. The van der Waals surface area contributed by atoms with E-state index < -0.39 is 0 Å². The summed E-state index contributed by atoms with van der Waals surface area (Å²) in [4.78, 5) is 13.0. The van der Waals surface area contributed by atoms with E-state index in [0.717, 1.165) is 28.3 Å².